The Kier molecular flexibility index (Phi) is 6.72. The third kappa shape index (κ3) is 3.97. The number of amides is 1. The van der Waals surface area contributed by atoms with Crippen molar-refractivity contribution in [2.24, 2.45) is 5.92 Å². The van der Waals surface area contributed by atoms with Gasteiger partial charge in [0.05, 0.1) is 33.7 Å². The van der Waals surface area contributed by atoms with E-state index < -0.39 is 17.9 Å². The number of imidazole rings is 1. The Bertz CT molecular complexity index is 1160. The lowest BCUT2D eigenvalue weighted by molar-refractivity contribution is -0.153. The molecule has 0 spiro atoms. The number of anilines is 1. The van der Waals surface area contributed by atoms with Gasteiger partial charge in [-0.15, -0.1) is 0 Å². The van der Waals surface area contributed by atoms with Gasteiger partial charge in [0, 0.05) is 6.54 Å². The monoisotopic (exact) mass is 473 g/mol. The molecule has 0 bridgehead atoms. The molecule has 1 aromatic heterocycles. The fourth-order valence-corrected chi connectivity index (χ4v) is 4.58. The Morgan fingerprint density at radius 2 is 1.88 bits per heavy atom. The van der Waals surface area contributed by atoms with Crippen molar-refractivity contribution in [1.29, 1.82) is 0 Å². The number of carbonyl (C=O) groups is 2. The molecule has 8 heteroatoms. The number of unbranched alkanes of at least 4 members (excludes halogenated alkanes) is 2. The maximum Gasteiger partial charge on any atom is 0.321 e. The molecule has 1 amide bonds. The van der Waals surface area contributed by atoms with Crippen molar-refractivity contribution in [2.45, 2.75) is 39.2 Å². The van der Waals surface area contributed by atoms with Crippen LogP contribution in [-0.4, -0.2) is 34.6 Å². The Morgan fingerprint density at radius 1 is 1.09 bits per heavy atom. The van der Waals surface area contributed by atoms with Crippen molar-refractivity contribution in [2.75, 3.05) is 18.1 Å². The summed E-state index contributed by atoms with van der Waals surface area (Å²) in [6, 6.07) is 12.2. The first-order chi connectivity index (χ1) is 15.5. The van der Waals surface area contributed by atoms with Crippen LogP contribution in [-0.2, 0) is 14.3 Å². The van der Waals surface area contributed by atoms with E-state index in [2.05, 4.69) is 6.92 Å². The van der Waals surface area contributed by atoms with E-state index in [-0.39, 0.29) is 12.5 Å². The van der Waals surface area contributed by atoms with Gasteiger partial charge in [0.2, 0.25) is 11.9 Å². The number of halogens is 2. The Balaban J connectivity index is 1.95. The van der Waals surface area contributed by atoms with E-state index in [4.69, 9.17) is 32.9 Å². The van der Waals surface area contributed by atoms with Gasteiger partial charge < -0.3 is 9.30 Å². The summed E-state index contributed by atoms with van der Waals surface area (Å²) in [6.07, 6.45) is 2.81. The van der Waals surface area contributed by atoms with Crippen LogP contribution in [0.15, 0.2) is 42.5 Å². The van der Waals surface area contributed by atoms with Gasteiger partial charge in [-0.2, -0.15) is 0 Å². The molecule has 3 aromatic rings. The first-order valence-corrected chi connectivity index (χ1v) is 11.6. The maximum atomic E-state index is 13.7. The van der Waals surface area contributed by atoms with Gasteiger partial charge in [-0.05, 0) is 43.2 Å². The van der Waals surface area contributed by atoms with Crippen LogP contribution in [0.4, 0.5) is 5.95 Å². The zero-order chi connectivity index (χ0) is 22.8. The van der Waals surface area contributed by atoms with E-state index in [9.17, 15) is 9.59 Å². The molecule has 168 valence electrons. The molecule has 2 aromatic carbocycles. The average molecular weight is 474 g/mol. The van der Waals surface area contributed by atoms with Gasteiger partial charge in [0.15, 0.2) is 5.92 Å². The summed E-state index contributed by atoms with van der Waals surface area (Å²) in [5.41, 5.74) is 2.29. The highest BCUT2D eigenvalue weighted by atomic mass is 35.5. The maximum absolute atomic E-state index is 13.7. The van der Waals surface area contributed by atoms with Gasteiger partial charge in [0.1, 0.15) is 0 Å². The zero-order valence-electron chi connectivity index (χ0n) is 18.1. The lowest BCUT2D eigenvalue weighted by Gasteiger charge is -2.38. The van der Waals surface area contributed by atoms with Crippen molar-refractivity contribution in [3.63, 3.8) is 0 Å². The Labute approximate surface area is 197 Å². The van der Waals surface area contributed by atoms with Crippen molar-refractivity contribution < 1.29 is 14.3 Å². The molecule has 0 saturated heterocycles. The van der Waals surface area contributed by atoms with E-state index >= 15 is 0 Å². The first kappa shape index (κ1) is 22.6. The van der Waals surface area contributed by atoms with Crippen LogP contribution in [0.3, 0.4) is 0 Å². The fourth-order valence-electron chi connectivity index (χ4n) is 4.28. The predicted molar refractivity (Wildman–Crippen MR) is 126 cm³/mol. The summed E-state index contributed by atoms with van der Waals surface area (Å²) in [5, 5.41) is 0.762. The second kappa shape index (κ2) is 9.51. The molecule has 0 unspecified atom stereocenters. The summed E-state index contributed by atoms with van der Waals surface area (Å²) in [4.78, 5) is 33.3. The van der Waals surface area contributed by atoms with Crippen molar-refractivity contribution in [3.05, 3.63) is 58.1 Å². The molecule has 0 aliphatic carbocycles. The largest absolute Gasteiger partial charge is 0.465 e. The van der Waals surface area contributed by atoms with Crippen LogP contribution in [0.25, 0.3) is 11.0 Å². The third-order valence-electron chi connectivity index (χ3n) is 5.76. The molecule has 0 radical (unpaired) electrons. The lowest BCUT2D eigenvalue weighted by atomic mass is 9.89. The minimum atomic E-state index is -1.06. The summed E-state index contributed by atoms with van der Waals surface area (Å²) in [7, 11) is 0. The van der Waals surface area contributed by atoms with Crippen LogP contribution in [0, 0.1) is 5.92 Å². The van der Waals surface area contributed by atoms with Gasteiger partial charge >= 0.3 is 5.97 Å². The Morgan fingerprint density at radius 3 is 2.59 bits per heavy atom. The normalized spacial score (nSPS) is 18.1. The summed E-state index contributed by atoms with van der Waals surface area (Å²) in [5.74, 6) is -1.39. The summed E-state index contributed by atoms with van der Waals surface area (Å²) < 4.78 is 7.32. The molecule has 4 rings (SSSR count). The smallest absolute Gasteiger partial charge is 0.321 e. The van der Waals surface area contributed by atoms with Crippen LogP contribution in [0.5, 0.6) is 0 Å². The summed E-state index contributed by atoms with van der Waals surface area (Å²) in [6.45, 7) is 4.51. The highest BCUT2D eigenvalue weighted by Crippen LogP contribution is 2.42. The minimum absolute atomic E-state index is 0.185. The van der Waals surface area contributed by atoms with Crippen LogP contribution in [0.1, 0.15) is 44.7 Å². The van der Waals surface area contributed by atoms with E-state index in [1.165, 1.54) is 0 Å². The van der Waals surface area contributed by atoms with E-state index in [0.29, 0.717) is 28.1 Å². The van der Waals surface area contributed by atoms with E-state index in [1.54, 1.807) is 30.0 Å². The number of ether oxygens (including phenoxy) is 1. The highest BCUT2D eigenvalue weighted by Gasteiger charge is 2.47. The second-order valence-corrected chi connectivity index (χ2v) is 8.63. The van der Waals surface area contributed by atoms with Gasteiger partial charge in [-0.3, -0.25) is 14.5 Å². The molecule has 32 heavy (non-hydrogen) atoms. The molecular weight excluding hydrogens is 449 g/mol. The number of rotatable bonds is 7. The van der Waals surface area contributed by atoms with Crippen LogP contribution >= 0.6 is 23.2 Å². The number of carbonyl (C=O) groups excluding carboxylic acids is 2. The number of aromatic nitrogens is 2. The molecule has 0 saturated carbocycles. The fraction of sp³-hybridized carbons (Fsp3) is 0.375. The second-order valence-electron chi connectivity index (χ2n) is 7.82. The molecular formula is C24H25Cl2N3O3. The number of fused-ring (bicyclic) bond motifs is 3. The number of esters is 1. The molecule has 2 atom stereocenters. The molecule has 2 heterocycles. The Hall–Kier alpha value is -2.57. The third-order valence-corrected chi connectivity index (χ3v) is 6.49. The molecule has 0 fully saturated rings. The topological polar surface area (TPSA) is 64.4 Å². The number of para-hydroxylation sites is 2. The molecule has 0 N–H and O–H groups in total. The van der Waals surface area contributed by atoms with Gasteiger partial charge in [-0.1, -0.05) is 61.2 Å². The first-order valence-electron chi connectivity index (χ1n) is 10.9. The SMILES string of the molecule is CCCCCN1C(=O)[C@H](C(=O)OCC)[C@@H](c2ccc(Cl)c(Cl)c2)n2c1nc1ccccc12. The van der Waals surface area contributed by atoms with Crippen LogP contribution < -0.4 is 4.90 Å². The number of hydrogen-bond donors (Lipinski definition) is 0. The minimum Gasteiger partial charge on any atom is -0.465 e. The van der Waals surface area contributed by atoms with E-state index in [0.717, 1.165) is 30.3 Å². The van der Waals surface area contributed by atoms with Gasteiger partial charge in [0.25, 0.3) is 0 Å². The zero-order valence-corrected chi connectivity index (χ0v) is 19.6. The van der Waals surface area contributed by atoms with Crippen LogP contribution in [0.2, 0.25) is 10.0 Å². The molecule has 6 nitrogen and oxygen atoms in total. The lowest BCUT2D eigenvalue weighted by Crippen LogP contribution is -2.50. The number of hydrogen-bond acceptors (Lipinski definition) is 4. The molecule has 1 aliphatic heterocycles. The number of nitrogens with zero attached hydrogens (tertiary/aromatic N) is 3. The van der Waals surface area contributed by atoms with Crippen molar-refractivity contribution in [1.82, 2.24) is 9.55 Å². The quantitative estimate of drug-likeness (QED) is 0.252. The number of benzene rings is 2. The predicted octanol–water partition coefficient (Wildman–Crippen LogP) is 5.65. The average Bonchev–Trinajstić information content (AvgIpc) is 3.16. The van der Waals surface area contributed by atoms with Crippen molar-refractivity contribution >= 4 is 52.1 Å². The standard InChI is InChI=1S/C24H25Cl2N3O3/c1-3-5-8-13-28-22(30)20(23(31)32-4-2)21(15-11-12-16(25)17(26)14-15)29-19-10-7-6-9-18(19)27-24(28)29/h6-7,9-12,14,20-21H,3-5,8,13H2,1-2H3/t20-,21-/m1/s1. The highest BCUT2D eigenvalue weighted by molar-refractivity contribution is 6.42. The van der Waals surface area contributed by atoms with Crippen molar-refractivity contribution in [3.8, 4) is 0 Å². The summed E-state index contributed by atoms with van der Waals surface area (Å²) >= 11 is 12.5. The van der Waals surface area contributed by atoms with Gasteiger partial charge in [-0.25, -0.2) is 4.98 Å². The van der Waals surface area contributed by atoms with E-state index in [1.807, 2.05) is 28.8 Å². The molecule has 1 aliphatic rings.